The summed E-state index contributed by atoms with van der Waals surface area (Å²) in [5.41, 5.74) is 2.71. The summed E-state index contributed by atoms with van der Waals surface area (Å²) in [6.45, 7) is 6.41. The molecule has 2 rings (SSSR count). The molecule has 0 unspecified atom stereocenters. The van der Waals surface area contributed by atoms with Crippen molar-refractivity contribution in [1.29, 1.82) is 0 Å². The van der Waals surface area contributed by atoms with Crippen LogP contribution < -0.4 is 15.4 Å². The Balaban J connectivity index is 2.11. The van der Waals surface area contributed by atoms with Crippen LogP contribution in [0.2, 0.25) is 0 Å². The second kappa shape index (κ2) is 9.61. The van der Waals surface area contributed by atoms with Crippen LogP contribution in [0, 0.1) is 6.92 Å². The van der Waals surface area contributed by atoms with Crippen LogP contribution in [0.25, 0.3) is 0 Å². The Morgan fingerprint density at radius 2 is 1.69 bits per heavy atom. The van der Waals surface area contributed by atoms with E-state index in [2.05, 4.69) is 17.6 Å². The van der Waals surface area contributed by atoms with E-state index in [0.29, 0.717) is 35.7 Å². The molecule has 0 heterocycles. The van der Waals surface area contributed by atoms with E-state index >= 15 is 0 Å². The van der Waals surface area contributed by atoms with Crippen molar-refractivity contribution < 1.29 is 14.3 Å². The molecule has 5 nitrogen and oxygen atoms in total. The molecule has 2 amide bonds. The van der Waals surface area contributed by atoms with Crippen molar-refractivity contribution in [2.75, 3.05) is 17.2 Å². The van der Waals surface area contributed by atoms with E-state index in [1.54, 1.807) is 31.2 Å². The topological polar surface area (TPSA) is 67.4 Å². The maximum Gasteiger partial charge on any atom is 0.255 e. The van der Waals surface area contributed by atoms with Gasteiger partial charge in [-0.15, -0.1) is 0 Å². The first-order chi connectivity index (χ1) is 12.5. The van der Waals surface area contributed by atoms with Gasteiger partial charge in [-0.3, -0.25) is 9.59 Å². The summed E-state index contributed by atoms with van der Waals surface area (Å²) in [5.74, 6) is 0.410. The summed E-state index contributed by atoms with van der Waals surface area (Å²) in [7, 11) is 0. The highest BCUT2D eigenvalue weighted by atomic mass is 16.5. The van der Waals surface area contributed by atoms with Gasteiger partial charge in [-0.2, -0.15) is 0 Å². The van der Waals surface area contributed by atoms with Gasteiger partial charge in [0.15, 0.2) is 0 Å². The summed E-state index contributed by atoms with van der Waals surface area (Å²) in [6.07, 6.45) is 2.44. The number of anilines is 2. The molecule has 0 radical (unpaired) electrons. The Morgan fingerprint density at radius 3 is 2.38 bits per heavy atom. The summed E-state index contributed by atoms with van der Waals surface area (Å²) < 4.78 is 5.66. The fourth-order valence-corrected chi connectivity index (χ4v) is 2.40. The van der Waals surface area contributed by atoms with E-state index in [0.717, 1.165) is 18.4 Å². The monoisotopic (exact) mass is 354 g/mol. The predicted molar refractivity (Wildman–Crippen MR) is 105 cm³/mol. The smallest absolute Gasteiger partial charge is 0.255 e. The zero-order chi connectivity index (χ0) is 18.9. The fourth-order valence-electron chi connectivity index (χ4n) is 2.40. The normalized spacial score (nSPS) is 10.3. The average molecular weight is 354 g/mol. The van der Waals surface area contributed by atoms with Gasteiger partial charge in [0.2, 0.25) is 5.91 Å². The first-order valence-corrected chi connectivity index (χ1v) is 8.98. The molecule has 0 aromatic heterocycles. The van der Waals surface area contributed by atoms with Crippen molar-refractivity contribution in [2.24, 2.45) is 0 Å². The third-order valence-corrected chi connectivity index (χ3v) is 4.04. The minimum absolute atomic E-state index is 0.0616. The summed E-state index contributed by atoms with van der Waals surface area (Å²) in [5, 5.41) is 5.75. The van der Waals surface area contributed by atoms with Crippen LogP contribution in [0.15, 0.2) is 42.5 Å². The zero-order valence-electron chi connectivity index (χ0n) is 15.6. The number of carbonyl (C=O) groups excluding carboxylic acids is 2. The lowest BCUT2D eigenvalue weighted by Gasteiger charge is -2.13. The highest BCUT2D eigenvalue weighted by molar-refractivity contribution is 6.05. The lowest BCUT2D eigenvalue weighted by Crippen LogP contribution is -2.15. The van der Waals surface area contributed by atoms with Gasteiger partial charge in [-0.05, 0) is 49.2 Å². The van der Waals surface area contributed by atoms with Gasteiger partial charge in [0, 0.05) is 23.4 Å². The molecule has 0 aliphatic carbocycles. The van der Waals surface area contributed by atoms with Gasteiger partial charge in [-0.25, -0.2) is 0 Å². The molecule has 5 heteroatoms. The predicted octanol–water partition coefficient (Wildman–Crippen LogP) is 4.77. The minimum atomic E-state index is -0.215. The SMILES string of the molecule is CCCCOc1cccc(C(=O)Nc2cccc(NC(=O)CC)c2C)c1. The number of ether oxygens (including phenoxy) is 1. The highest BCUT2D eigenvalue weighted by Crippen LogP contribution is 2.24. The lowest BCUT2D eigenvalue weighted by atomic mass is 10.1. The molecule has 0 aliphatic heterocycles. The van der Waals surface area contributed by atoms with E-state index < -0.39 is 0 Å². The number of hydrogen-bond acceptors (Lipinski definition) is 3. The molecule has 0 bridgehead atoms. The molecule has 2 aromatic carbocycles. The van der Waals surface area contributed by atoms with Gasteiger partial charge in [-0.1, -0.05) is 32.4 Å². The second-order valence-corrected chi connectivity index (χ2v) is 6.06. The molecule has 0 aliphatic rings. The molecule has 0 fully saturated rings. The highest BCUT2D eigenvalue weighted by Gasteiger charge is 2.11. The standard InChI is InChI=1S/C21H26N2O3/c1-4-6-13-26-17-10-7-9-16(14-17)21(25)23-19-12-8-11-18(15(19)3)22-20(24)5-2/h7-12,14H,4-6,13H2,1-3H3,(H,22,24)(H,23,25). The van der Waals surface area contributed by atoms with Crippen molar-refractivity contribution in [3.05, 3.63) is 53.6 Å². The number of carbonyl (C=O) groups is 2. The Bertz CT molecular complexity index is 772. The number of hydrogen-bond donors (Lipinski definition) is 2. The Morgan fingerprint density at radius 1 is 1.00 bits per heavy atom. The summed E-state index contributed by atoms with van der Waals surface area (Å²) in [4.78, 5) is 24.2. The molecular formula is C21H26N2O3. The number of amides is 2. The van der Waals surface area contributed by atoms with E-state index in [1.165, 1.54) is 0 Å². The largest absolute Gasteiger partial charge is 0.494 e. The molecule has 138 valence electrons. The van der Waals surface area contributed by atoms with Crippen LogP contribution in [-0.4, -0.2) is 18.4 Å². The molecule has 2 N–H and O–H groups in total. The third-order valence-electron chi connectivity index (χ3n) is 4.04. The molecule has 26 heavy (non-hydrogen) atoms. The summed E-state index contributed by atoms with van der Waals surface area (Å²) in [6, 6.07) is 12.6. The minimum Gasteiger partial charge on any atom is -0.494 e. The van der Waals surface area contributed by atoms with Crippen LogP contribution >= 0.6 is 0 Å². The molecule has 2 aromatic rings. The Kier molecular flexibility index (Phi) is 7.21. The summed E-state index contributed by atoms with van der Waals surface area (Å²) >= 11 is 0. The molecule has 0 saturated carbocycles. The molecule has 0 saturated heterocycles. The zero-order valence-corrected chi connectivity index (χ0v) is 15.6. The number of unbranched alkanes of at least 4 members (excludes halogenated alkanes) is 1. The first-order valence-electron chi connectivity index (χ1n) is 8.98. The van der Waals surface area contributed by atoms with Crippen LogP contribution in [0.4, 0.5) is 11.4 Å². The van der Waals surface area contributed by atoms with Crippen molar-refractivity contribution in [2.45, 2.75) is 40.0 Å². The van der Waals surface area contributed by atoms with Gasteiger partial charge >= 0.3 is 0 Å². The molecule has 0 atom stereocenters. The average Bonchev–Trinajstić information content (AvgIpc) is 2.65. The Hall–Kier alpha value is -2.82. The van der Waals surface area contributed by atoms with Crippen LogP contribution in [0.3, 0.4) is 0 Å². The van der Waals surface area contributed by atoms with Crippen LogP contribution in [-0.2, 0) is 4.79 Å². The number of rotatable bonds is 8. The van der Waals surface area contributed by atoms with Gasteiger partial charge in [0.1, 0.15) is 5.75 Å². The van der Waals surface area contributed by atoms with Gasteiger partial charge in [0.05, 0.1) is 6.61 Å². The molecule has 0 spiro atoms. The van der Waals surface area contributed by atoms with Crippen molar-refractivity contribution in [1.82, 2.24) is 0 Å². The first kappa shape index (κ1) is 19.5. The van der Waals surface area contributed by atoms with Gasteiger partial charge in [0.25, 0.3) is 5.91 Å². The van der Waals surface area contributed by atoms with E-state index in [-0.39, 0.29) is 11.8 Å². The van der Waals surface area contributed by atoms with Gasteiger partial charge < -0.3 is 15.4 Å². The van der Waals surface area contributed by atoms with E-state index in [9.17, 15) is 9.59 Å². The van der Waals surface area contributed by atoms with Crippen LogP contribution in [0.1, 0.15) is 49.0 Å². The second-order valence-electron chi connectivity index (χ2n) is 6.06. The molecular weight excluding hydrogens is 328 g/mol. The lowest BCUT2D eigenvalue weighted by molar-refractivity contribution is -0.115. The van der Waals surface area contributed by atoms with Crippen molar-refractivity contribution in [3.63, 3.8) is 0 Å². The maximum absolute atomic E-state index is 12.6. The number of benzene rings is 2. The van der Waals surface area contributed by atoms with E-state index in [4.69, 9.17) is 4.74 Å². The van der Waals surface area contributed by atoms with Crippen molar-refractivity contribution >= 4 is 23.2 Å². The quantitative estimate of drug-likeness (QED) is 0.671. The third kappa shape index (κ3) is 5.34. The van der Waals surface area contributed by atoms with Crippen molar-refractivity contribution in [3.8, 4) is 5.75 Å². The Labute approximate surface area is 154 Å². The van der Waals surface area contributed by atoms with E-state index in [1.807, 2.05) is 25.1 Å². The maximum atomic E-state index is 12.6. The van der Waals surface area contributed by atoms with Crippen LogP contribution in [0.5, 0.6) is 5.75 Å². The fraction of sp³-hybridized carbons (Fsp3) is 0.333. The number of nitrogens with one attached hydrogen (secondary N) is 2.